The van der Waals surface area contributed by atoms with Crippen LogP contribution in [0, 0.1) is 6.92 Å². The van der Waals surface area contributed by atoms with E-state index in [0.717, 1.165) is 22.3 Å². The van der Waals surface area contributed by atoms with Crippen molar-refractivity contribution in [2.24, 2.45) is 0 Å². The number of hydrogen-bond donors (Lipinski definition) is 2. The number of carboxylic acids is 1. The molecule has 0 saturated heterocycles. The van der Waals surface area contributed by atoms with E-state index in [-0.39, 0.29) is 0 Å². The maximum absolute atomic E-state index is 11.1. The van der Waals surface area contributed by atoms with E-state index in [1.165, 1.54) is 0 Å². The molecule has 3 rings (SSSR count). The van der Waals surface area contributed by atoms with Crippen LogP contribution in [0.15, 0.2) is 48.8 Å². The first kappa shape index (κ1) is 13.2. The number of aromatic nitrogens is 2. The summed E-state index contributed by atoms with van der Waals surface area (Å²) >= 11 is 0. The summed E-state index contributed by atoms with van der Waals surface area (Å²) in [6.07, 6.45) is 3.72. The molecule has 0 radical (unpaired) electrons. The van der Waals surface area contributed by atoms with Crippen LogP contribution in [0.4, 0.5) is 5.69 Å². The minimum absolute atomic E-state index is 0.319. The lowest BCUT2D eigenvalue weighted by Gasteiger charge is -2.10. The Morgan fingerprint density at radius 1 is 1.29 bits per heavy atom. The van der Waals surface area contributed by atoms with E-state index in [0.29, 0.717) is 12.1 Å². The van der Waals surface area contributed by atoms with Crippen molar-refractivity contribution in [1.82, 2.24) is 9.61 Å². The van der Waals surface area contributed by atoms with Gasteiger partial charge in [-0.2, -0.15) is 5.10 Å². The SMILES string of the molecule is Cc1c(NCc2cnn3ccccc23)cccc1C(=O)O. The van der Waals surface area contributed by atoms with Gasteiger partial charge in [0.15, 0.2) is 0 Å². The highest BCUT2D eigenvalue weighted by molar-refractivity contribution is 5.91. The topological polar surface area (TPSA) is 66.6 Å². The smallest absolute Gasteiger partial charge is 0.336 e. The normalized spacial score (nSPS) is 10.7. The Morgan fingerprint density at radius 2 is 2.14 bits per heavy atom. The van der Waals surface area contributed by atoms with Crippen molar-refractivity contribution in [2.75, 3.05) is 5.32 Å². The fourth-order valence-corrected chi connectivity index (χ4v) is 2.37. The molecule has 2 aromatic heterocycles. The van der Waals surface area contributed by atoms with Crippen molar-refractivity contribution in [3.8, 4) is 0 Å². The van der Waals surface area contributed by atoms with Gasteiger partial charge in [-0.25, -0.2) is 9.31 Å². The molecule has 0 unspecified atom stereocenters. The standard InChI is InChI=1S/C16H15N3O2/c1-11-13(16(20)21)5-4-6-14(11)17-9-12-10-18-19-8-3-2-7-15(12)19/h2-8,10,17H,9H2,1H3,(H,20,21). The van der Waals surface area contributed by atoms with E-state index >= 15 is 0 Å². The molecule has 106 valence electrons. The summed E-state index contributed by atoms with van der Waals surface area (Å²) in [6.45, 7) is 2.40. The zero-order chi connectivity index (χ0) is 14.8. The van der Waals surface area contributed by atoms with Gasteiger partial charge >= 0.3 is 5.97 Å². The van der Waals surface area contributed by atoms with Crippen molar-refractivity contribution >= 4 is 17.2 Å². The van der Waals surface area contributed by atoms with Crippen molar-refractivity contribution in [3.05, 3.63) is 65.5 Å². The van der Waals surface area contributed by atoms with Gasteiger partial charge in [0.2, 0.25) is 0 Å². The van der Waals surface area contributed by atoms with Crippen molar-refractivity contribution in [3.63, 3.8) is 0 Å². The molecule has 0 bridgehead atoms. The molecule has 5 heteroatoms. The quantitative estimate of drug-likeness (QED) is 0.771. The number of pyridine rings is 1. The average Bonchev–Trinajstić information content (AvgIpc) is 2.89. The Kier molecular flexibility index (Phi) is 3.31. The second-order valence-electron chi connectivity index (χ2n) is 4.84. The number of carboxylic acid groups (broad SMARTS) is 1. The molecule has 0 fully saturated rings. The van der Waals surface area contributed by atoms with Gasteiger partial charge in [-0.1, -0.05) is 12.1 Å². The molecule has 5 nitrogen and oxygen atoms in total. The summed E-state index contributed by atoms with van der Waals surface area (Å²) in [4.78, 5) is 11.1. The molecule has 2 heterocycles. The van der Waals surface area contributed by atoms with Crippen LogP contribution in [0.3, 0.4) is 0 Å². The number of aromatic carboxylic acids is 1. The molecule has 2 N–H and O–H groups in total. The maximum atomic E-state index is 11.1. The first-order chi connectivity index (χ1) is 10.2. The highest BCUT2D eigenvalue weighted by Crippen LogP contribution is 2.20. The lowest BCUT2D eigenvalue weighted by Crippen LogP contribution is -2.05. The molecule has 0 atom stereocenters. The summed E-state index contributed by atoms with van der Waals surface area (Å²) in [6, 6.07) is 11.1. The molecule has 0 aliphatic rings. The molecule has 1 aromatic carbocycles. The van der Waals surface area contributed by atoms with Gasteiger partial charge in [0.1, 0.15) is 0 Å². The zero-order valence-electron chi connectivity index (χ0n) is 11.6. The van der Waals surface area contributed by atoms with E-state index in [4.69, 9.17) is 5.11 Å². The Hall–Kier alpha value is -2.82. The van der Waals surface area contributed by atoms with E-state index < -0.39 is 5.97 Å². The highest BCUT2D eigenvalue weighted by Gasteiger charge is 2.10. The van der Waals surface area contributed by atoms with Crippen LogP contribution in [-0.2, 0) is 6.54 Å². The largest absolute Gasteiger partial charge is 0.478 e. The predicted molar refractivity (Wildman–Crippen MR) is 80.7 cm³/mol. The second-order valence-corrected chi connectivity index (χ2v) is 4.84. The fourth-order valence-electron chi connectivity index (χ4n) is 2.37. The monoisotopic (exact) mass is 281 g/mol. The van der Waals surface area contributed by atoms with Gasteiger partial charge < -0.3 is 10.4 Å². The Bertz CT molecular complexity index is 808. The molecule has 0 amide bonds. The van der Waals surface area contributed by atoms with E-state index in [1.807, 2.05) is 48.1 Å². The first-order valence-corrected chi connectivity index (χ1v) is 6.65. The van der Waals surface area contributed by atoms with Crippen LogP contribution in [0.5, 0.6) is 0 Å². The third-order valence-corrected chi connectivity index (χ3v) is 3.54. The lowest BCUT2D eigenvalue weighted by atomic mass is 10.1. The average molecular weight is 281 g/mol. The summed E-state index contributed by atoms with van der Waals surface area (Å²) in [5.41, 5.74) is 3.99. The Morgan fingerprint density at radius 3 is 2.95 bits per heavy atom. The number of nitrogens with one attached hydrogen (secondary N) is 1. The van der Waals surface area contributed by atoms with E-state index in [2.05, 4.69) is 10.4 Å². The molecule has 0 aliphatic carbocycles. The molecule has 0 aliphatic heterocycles. The number of benzene rings is 1. The van der Waals surface area contributed by atoms with Crippen LogP contribution in [0.25, 0.3) is 5.52 Å². The third-order valence-electron chi connectivity index (χ3n) is 3.54. The van der Waals surface area contributed by atoms with Gasteiger partial charge in [-0.3, -0.25) is 0 Å². The molecular formula is C16H15N3O2. The van der Waals surface area contributed by atoms with Crippen LogP contribution < -0.4 is 5.32 Å². The van der Waals surface area contributed by atoms with Crippen molar-refractivity contribution < 1.29 is 9.90 Å². The summed E-state index contributed by atoms with van der Waals surface area (Å²) < 4.78 is 1.82. The van der Waals surface area contributed by atoms with Crippen LogP contribution in [-0.4, -0.2) is 20.7 Å². The number of anilines is 1. The third kappa shape index (κ3) is 2.45. The minimum Gasteiger partial charge on any atom is -0.478 e. The molecular weight excluding hydrogens is 266 g/mol. The number of hydrogen-bond acceptors (Lipinski definition) is 3. The van der Waals surface area contributed by atoms with Crippen molar-refractivity contribution in [1.29, 1.82) is 0 Å². The zero-order valence-corrected chi connectivity index (χ0v) is 11.6. The summed E-state index contributed by atoms with van der Waals surface area (Å²) in [5, 5.41) is 16.7. The highest BCUT2D eigenvalue weighted by atomic mass is 16.4. The number of carbonyl (C=O) groups is 1. The van der Waals surface area contributed by atoms with Crippen LogP contribution >= 0.6 is 0 Å². The number of fused-ring (bicyclic) bond motifs is 1. The summed E-state index contributed by atoms with van der Waals surface area (Å²) in [7, 11) is 0. The van der Waals surface area contributed by atoms with Crippen molar-refractivity contribution in [2.45, 2.75) is 13.5 Å². The minimum atomic E-state index is -0.910. The number of rotatable bonds is 4. The molecule has 0 spiro atoms. The van der Waals surface area contributed by atoms with E-state index in [1.54, 1.807) is 12.1 Å². The van der Waals surface area contributed by atoms with Gasteiger partial charge in [0, 0.05) is 24.0 Å². The van der Waals surface area contributed by atoms with Gasteiger partial charge in [-0.05, 0) is 36.8 Å². The first-order valence-electron chi connectivity index (χ1n) is 6.65. The molecule has 21 heavy (non-hydrogen) atoms. The fraction of sp³-hybridized carbons (Fsp3) is 0.125. The van der Waals surface area contributed by atoms with Gasteiger partial charge in [0.25, 0.3) is 0 Å². The number of nitrogens with zero attached hydrogens (tertiary/aromatic N) is 2. The summed E-state index contributed by atoms with van der Waals surface area (Å²) in [5.74, 6) is -0.910. The molecule has 3 aromatic rings. The predicted octanol–water partition coefficient (Wildman–Crippen LogP) is 2.95. The molecule has 0 saturated carbocycles. The maximum Gasteiger partial charge on any atom is 0.336 e. The Labute approximate surface area is 121 Å². The van der Waals surface area contributed by atoms with Gasteiger partial charge in [0.05, 0.1) is 17.3 Å². The van der Waals surface area contributed by atoms with Gasteiger partial charge in [-0.15, -0.1) is 0 Å². The second kappa shape index (κ2) is 5.28. The lowest BCUT2D eigenvalue weighted by molar-refractivity contribution is 0.0696. The Balaban J connectivity index is 1.85. The van der Waals surface area contributed by atoms with Crippen LogP contribution in [0.1, 0.15) is 21.5 Å². The van der Waals surface area contributed by atoms with E-state index in [9.17, 15) is 4.79 Å². The van der Waals surface area contributed by atoms with Crippen LogP contribution in [0.2, 0.25) is 0 Å².